The van der Waals surface area contributed by atoms with E-state index in [9.17, 15) is 4.79 Å². The monoisotopic (exact) mass is 256 g/mol. The lowest BCUT2D eigenvalue weighted by atomic mass is 9.98. The summed E-state index contributed by atoms with van der Waals surface area (Å²) in [6.45, 7) is 13.6. The van der Waals surface area contributed by atoms with Crippen LogP contribution in [0, 0.1) is 5.92 Å². The molecule has 0 unspecified atom stereocenters. The molecule has 0 aromatic carbocycles. The first kappa shape index (κ1) is 14.9. The summed E-state index contributed by atoms with van der Waals surface area (Å²) in [4.78, 5) is 10.9. The van der Waals surface area contributed by atoms with Crippen molar-refractivity contribution >= 4 is 14.6 Å². The van der Waals surface area contributed by atoms with E-state index in [-0.39, 0.29) is 10.6 Å². The Morgan fingerprint density at radius 3 is 2.35 bits per heavy atom. The van der Waals surface area contributed by atoms with E-state index in [1.165, 1.54) is 6.42 Å². The number of carbonyl (C=O) groups excluding carboxylic acids is 1. The van der Waals surface area contributed by atoms with Crippen molar-refractivity contribution in [3.63, 3.8) is 0 Å². The normalized spacial score (nSPS) is 30.6. The first-order valence-corrected chi connectivity index (χ1v) is 9.66. The molecule has 1 saturated carbocycles. The second kappa shape index (κ2) is 4.85. The number of hydrogen-bond acceptors (Lipinski definition) is 2. The Balaban J connectivity index is 2.84. The largest absolute Gasteiger partial charge is 0.411 e. The maximum absolute atomic E-state index is 10.9. The fourth-order valence-corrected chi connectivity index (χ4v) is 4.17. The van der Waals surface area contributed by atoms with Gasteiger partial charge in [0.05, 0.1) is 5.60 Å². The molecule has 0 bridgehead atoms. The van der Waals surface area contributed by atoms with Crippen LogP contribution in [0.25, 0.3) is 0 Å². The number of rotatable bonds is 4. The molecule has 100 valence electrons. The quantitative estimate of drug-likeness (QED) is 0.558. The Bertz CT molecular complexity index is 280. The van der Waals surface area contributed by atoms with Gasteiger partial charge in [-0.15, -0.1) is 0 Å². The van der Waals surface area contributed by atoms with Gasteiger partial charge in [-0.2, -0.15) is 0 Å². The van der Waals surface area contributed by atoms with Gasteiger partial charge in [-0.1, -0.05) is 27.7 Å². The second-order valence-electron chi connectivity index (χ2n) is 7.26. The van der Waals surface area contributed by atoms with Gasteiger partial charge < -0.3 is 9.22 Å². The average molecular weight is 256 g/mol. The maximum atomic E-state index is 10.9. The summed E-state index contributed by atoms with van der Waals surface area (Å²) in [5.41, 5.74) is -0.149. The number of carbonyl (C=O) groups is 1. The molecule has 2 nitrogen and oxygen atoms in total. The highest BCUT2D eigenvalue weighted by Gasteiger charge is 2.47. The van der Waals surface area contributed by atoms with Crippen molar-refractivity contribution in [1.82, 2.24) is 0 Å². The molecule has 3 heteroatoms. The van der Waals surface area contributed by atoms with Crippen LogP contribution in [-0.2, 0) is 9.22 Å². The smallest absolute Gasteiger partial charge is 0.192 e. The van der Waals surface area contributed by atoms with Crippen LogP contribution in [0.3, 0.4) is 0 Å². The molecular formula is C14H28O2Si. The van der Waals surface area contributed by atoms with Crippen molar-refractivity contribution in [2.75, 3.05) is 0 Å². The molecule has 0 aliphatic heterocycles. The molecule has 0 N–H and O–H groups in total. The third-order valence-electron chi connectivity index (χ3n) is 4.55. The van der Waals surface area contributed by atoms with Crippen molar-refractivity contribution in [3.8, 4) is 0 Å². The van der Waals surface area contributed by atoms with Gasteiger partial charge in [0.1, 0.15) is 6.29 Å². The Labute approximate surface area is 107 Å². The van der Waals surface area contributed by atoms with Crippen LogP contribution in [0.5, 0.6) is 0 Å². The Morgan fingerprint density at radius 2 is 2.00 bits per heavy atom. The molecule has 1 aliphatic rings. The van der Waals surface area contributed by atoms with Crippen molar-refractivity contribution in [2.24, 2.45) is 5.92 Å². The van der Waals surface area contributed by atoms with Gasteiger partial charge in [-0.3, -0.25) is 0 Å². The first-order chi connectivity index (χ1) is 7.62. The van der Waals surface area contributed by atoms with Crippen LogP contribution >= 0.6 is 0 Å². The fraction of sp³-hybridized carbons (Fsp3) is 0.929. The van der Waals surface area contributed by atoms with Gasteiger partial charge in [-0.25, -0.2) is 0 Å². The maximum Gasteiger partial charge on any atom is 0.192 e. The molecule has 0 heterocycles. The standard InChI is InChI=1S/C14H28O2Si/c1-12-7-8-14(11-12,9-10-15)16-17(5,6)13(2,3)4/h10,12H,7-9,11H2,1-6H3/t12-,14+/m1/s1. The molecule has 1 aliphatic carbocycles. The third kappa shape index (κ3) is 3.41. The highest BCUT2D eigenvalue weighted by Crippen LogP contribution is 2.46. The van der Waals surface area contributed by atoms with Crippen LogP contribution in [0.4, 0.5) is 0 Å². The molecule has 0 amide bonds. The van der Waals surface area contributed by atoms with Gasteiger partial charge in [0.25, 0.3) is 0 Å². The lowest BCUT2D eigenvalue weighted by molar-refractivity contribution is -0.111. The van der Waals surface area contributed by atoms with Gasteiger partial charge in [0.15, 0.2) is 8.32 Å². The summed E-state index contributed by atoms with van der Waals surface area (Å²) in [6, 6.07) is 0. The van der Waals surface area contributed by atoms with Gasteiger partial charge >= 0.3 is 0 Å². The van der Waals surface area contributed by atoms with Crippen LogP contribution in [0.15, 0.2) is 0 Å². The minimum Gasteiger partial charge on any atom is -0.411 e. The lowest BCUT2D eigenvalue weighted by Gasteiger charge is -2.44. The molecule has 0 spiro atoms. The van der Waals surface area contributed by atoms with E-state index < -0.39 is 8.32 Å². The molecule has 0 radical (unpaired) electrons. The molecule has 0 aromatic rings. The molecule has 1 fully saturated rings. The van der Waals surface area contributed by atoms with E-state index in [0.29, 0.717) is 12.3 Å². The van der Waals surface area contributed by atoms with Crippen LogP contribution in [0.1, 0.15) is 53.4 Å². The van der Waals surface area contributed by atoms with Gasteiger partial charge in [-0.05, 0) is 43.3 Å². The predicted molar refractivity (Wildman–Crippen MR) is 74.7 cm³/mol. The zero-order valence-electron chi connectivity index (χ0n) is 12.3. The third-order valence-corrected chi connectivity index (χ3v) is 9.10. The summed E-state index contributed by atoms with van der Waals surface area (Å²) >= 11 is 0. The van der Waals surface area contributed by atoms with Gasteiger partial charge in [0.2, 0.25) is 0 Å². The van der Waals surface area contributed by atoms with Crippen molar-refractivity contribution in [2.45, 2.75) is 77.1 Å². The van der Waals surface area contributed by atoms with E-state index in [2.05, 4.69) is 40.8 Å². The minimum atomic E-state index is -1.77. The van der Waals surface area contributed by atoms with Gasteiger partial charge in [0, 0.05) is 6.42 Å². The molecular weight excluding hydrogens is 228 g/mol. The topological polar surface area (TPSA) is 26.3 Å². The SMILES string of the molecule is C[C@@H]1CC[C@@](CC=O)(O[Si](C)(C)C(C)(C)C)C1. The summed E-state index contributed by atoms with van der Waals surface area (Å²) < 4.78 is 6.57. The van der Waals surface area contributed by atoms with Crippen molar-refractivity contribution in [3.05, 3.63) is 0 Å². The Kier molecular flexibility index (Phi) is 4.25. The van der Waals surface area contributed by atoms with Crippen molar-refractivity contribution in [1.29, 1.82) is 0 Å². The number of hydrogen-bond donors (Lipinski definition) is 0. The molecule has 1 rings (SSSR count). The Hall–Kier alpha value is -0.153. The number of aldehydes is 1. The van der Waals surface area contributed by atoms with E-state index in [1.807, 2.05) is 0 Å². The highest BCUT2D eigenvalue weighted by molar-refractivity contribution is 6.74. The first-order valence-electron chi connectivity index (χ1n) is 6.76. The Morgan fingerprint density at radius 1 is 1.41 bits per heavy atom. The van der Waals surface area contributed by atoms with E-state index in [4.69, 9.17) is 4.43 Å². The highest BCUT2D eigenvalue weighted by atomic mass is 28.4. The zero-order chi connectivity index (χ0) is 13.3. The predicted octanol–water partition coefficient (Wildman–Crippen LogP) is 4.16. The van der Waals surface area contributed by atoms with E-state index in [1.54, 1.807) is 0 Å². The van der Waals surface area contributed by atoms with Crippen molar-refractivity contribution < 1.29 is 9.22 Å². The van der Waals surface area contributed by atoms with Crippen LogP contribution < -0.4 is 0 Å². The molecule has 17 heavy (non-hydrogen) atoms. The van der Waals surface area contributed by atoms with E-state index >= 15 is 0 Å². The summed E-state index contributed by atoms with van der Waals surface area (Å²) in [5.74, 6) is 0.694. The summed E-state index contributed by atoms with van der Waals surface area (Å²) in [6.07, 6.45) is 4.93. The summed E-state index contributed by atoms with van der Waals surface area (Å²) in [5, 5.41) is 0.217. The zero-order valence-corrected chi connectivity index (χ0v) is 13.3. The lowest BCUT2D eigenvalue weighted by Crippen LogP contribution is -2.49. The molecule has 2 atom stereocenters. The molecule has 0 saturated heterocycles. The summed E-state index contributed by atoms with van der Waals surface area (Å²) in [7, 11) is -1.77. The van der Waals surface area contributed by atoms with E-state index in [0.717, 1.165) is 19.1 Å². The van der Waals surface area contributed by atoms with Crippen LogP contribution in [-0.4, -0.2) is 20.2 Å². The molecule has 0 aromatic heterocycles. The fourth-order valence-electron chi connectivity index (χ4n) is 2.51. The minimum absolute atomic E-state index is 0.149. The van der Waals surface area contributed by atoms with Crippen LogP contribution in [0.2, 0.25) is 18.1 Å². The second-order valence-corrected chi connectivity index (χ2v) is 12.0. The average Bonchev–Trinajstić information content (AvgIpc) is 2.45.